The van der Waals surface area contributed by atoms with Crippen molar-refractivity contribution in [1.29, 1.82) is 0 Å². The van der Waals surface area contributed by atoms with Crippen molar-refractivity contribution in [1.82, 2.24) is 19.8 Å². The van der Waals surface area contributed by atoms with E-state index in [9.17, 15) is 9.90 Å². The second-order valence-corrected chi connectivity index (χ2v) is 9.55. The van der Waals surface area contributed by atoms with E-state index in [1.807, 2.05) is 74.8 Å². The van der Waals surface area contributed by atoms with Crippen LogP contribution in [0.25, 0.3) is 12.2 Å². The van der Waals surface area contributed by atoms with Crippen LogP contribution >= 0.6 is 0 Å². The molecule has 0 saturated heterocycles. The minimum absolute atomic E-state index is 0.0342. The summed E-state index contributed by atoms with van der Waals surface area (Å²) in [5, 5.41) is 9.88. The summed E-state index contributed by atoms with van der Waals surface area (Å²) < 4.78 is 6.40. The highest BCUT2D eigenvalue weighted by molar-refractivity contribution is 5.97. The smallest absolute Gasteiger partial charge is 0.259 e. The Morgan fingerprint density at radius 1 is 1.17 bits per heavy atom. The summed E-state index contributed by atoms with van der Waals surface area (Å²) in [6, 6.07) is 15.5. The van der Waals surface area contributed by atoms with Crippen molar-refractivity contribution in [3.63, 3.8) is 0 Å². The predicted octanol–water partition coefficient (Wildman–Crippen LogP) is 4.00. The number of ether oxygens (including phenoxy) is 1. The number of hydrogen-bond donors (Lipinski definition) is 1. The average molecular weight is 487 g/mol. The number of rotatable bonds is 8. The molecule has 7 heteroatoms. The first kappa shape index (κ1) is 25.5. The third-order valence-electron chi connectivity index (χ3n) is 6.48. The molecule has 0 unspecified atom stereocenters. The molecule has 0 radical (unpaired) electrons. The number of carbonyl (C=O) groups excluding carboxylic acids is 1. The van der Waals surface area contributed by atoms with E-state index in [1.165, 1.54) is 0 Å². The molecule has 3 atom stereocenters. The molecule has 36 heavy (non-hydrogen) atoms. The Bertz CT molecular complexity index is 1170. The van der Waals surface area contributed by atoms with E-state index in [0.29, 0.717) is 24.5 Å². The van der Waals surface area contributed by atoms with Gasteiger partial charge in [0.1, 0.15) is 11.7 Å². The largest absolute Gasteiger partial charge is 0.472 e. The molecule has 1 N–H and O–H groups in total. The molecule has 1 aromatic carbocycles. The minimum Gasteiger partial charge on any atom is -0.472 e. The molecule has 3 heterocycles. The second kappa shape index (κ2) is 11.9. The third kappa shape index (κ3) is 6.36. The van der Waals surface area contributed by atoms with Crippen LogP contribution in [0.3, 0.4) is 0 Å². The normalized spacial score (nSPS) is 19.0. The summed E-state index contributed by atoms with van der Waals surface area (Å²) in [4.78, 5) is 26.3. The van der Waals surface area contributed by atoms with E-state index in [2.05, 4.69) is 27.9 Å². The van der Waals surface area contributed by atoms with Crippen LogP contribution in [0.4, 0.5) is 0 Å². The van der Waals surface area contributed by atoms with Gasteiger partial charge in [0.25, 0.3) is 5.91 Å². The fourth-order valence-corrected chi connectivity index (χ4v) is 4.36. The van der Waals surface area contributed by atoms with Gasteiger partial charge in [-0.25, -0.2) is 4.98 Å². The highest BCUT2D eigenvalue weighted by atomic mass is 16.5. The highest BCUT2D eigenvalue weighted by Gasteiger charge is 2.34. The Labute approximate surface area is 213 Å². The SMILES string of the molecule is C[C@H]1CN([C@@H](C)CO)C(=O)c2cc(/C=C/c3ccccc3)cnc2O[C@H]1CN(C)Cc1cccnc1. The van der Waals surface area contributed by atoms with Crippen molar-refractivity contribution < 1.29 is 14.6 Å². The number of benzene rings is 1. The van der Waals surface area contributed by atoms with Gasteiger partial charge in [-0.05, 0) is 42.8 Å². The molecule has 2 aromatic heterocycles. The number of aromatic nitrogens is 2. The molecule has 3 aromatic rings. The number of hydrogen-bond acceptors (Lipinski definition) is 6. The molecule has 0 fully saturated rings. The van der Waals surface area contributed by atoms with Crippen LogP contribution in [0, 0.1) is 5.92 Å². The molecule has 1 aliphatic rings. The van der Waals surface area contributed by atoms with Gasteiger partial charge in [-0.3, -0.25) is 14.7 Å². The maximum Gasteiger partial charge on any atom is 0.259 e. The van der Waals surface area contributed by atoms with E-state index < -0.39 is 0 Å². The number of pyridine rings is 2. The lowest BCUT2D eigenvalue weighted by molar-refractivity contribution is 0.0325. The van der Waals surface area contributed by atoms with Crippen molar-refractivity contribution in [2.45, 2.75) is 32.5 Å². The van der Waals surface area contributed by atoms with Crippen LogP contribution in [-0.4, -0.2) is 69.7 Å². The fourth-order valence-electron chi connectivity index (χ4n) is 4.36. The maximum atomic E-state index is 13.6. The Kier molecular flexibility index (Phi) is 8.46. The molecule has 188 valence electrons. The number of amides is 1. The van der Waals surface area contributed by atoms with E-state index >= 15 is 0 Å². The van der Waals surface area contributed by atoms with Gasteiger partial charge in [0.15, 0.2) is 0 Å². The summed E-state index contributed by atoms with van der Waals surface area (Å²) in [5.74, 6) is 0.188. The van der Waals surface area contributed by atoms with Crippen molar-refractivity contribution in [3.05, 3.63) is 89.4 Å². The van der Waals surface area contributed by atoms with Crippen molar-refractivity contribution in [3.8, 4) is 5.88 Å². The second-order valence-electron chi connectivity index (χ2n) is 9.55. The Hall–Kier alpha value is -3.55. The monoisotopic (exact) mass is 486 g/mol. The van der Waals surface area contributed by atoms with Crippen molar-refractivity contribution in [2.24, 2.45) is 5.92 Å². The number of aliphatic hydroxyl groups is 1. The Balaban J connectivity index is 1.61. The summed E-state index contributed by atoms with van der Waals surface area (Å²) in [6.45, 7) is 5.70. The van der Waals surface area contributed by atoms with Crippen molar-refractivity contribution >= 4 is 18.1 Å². The average Bonchev–Trinajstić information content (AvgIpc) is 2.90. The van der Waals surface area contributed by atoms with Gasteiger partial charge < -0.3 is 14.7 Å². The molecule has 0 aliphatic carbocycles. The topological polar surface area (TPSA) is 78.8 Å². The third-order valence-corrected chi connectivity index (χ3v) is 6.48. The first-order chi connectivity index (χ1) is 17.4. The van der Waals surface area contributed by atoms with Crippen LogP contribution in [0.2, 0.25) is 0 Å². The molecular weight excluding hydrogens is 452 g/mol. The molecule has 4 rings (SSSR count). The summed E-state index contributed by atoms with van der Waals surface area (Å²) in [6.07, 6.45) is 9.10. The van der Waals surface area contributed by atoms with E-state index in [0.717, 1.165) is 23.2 Å². The number of aliphatic hydroxyl groups excluding tert-OH is 1. The van der Waals surface area contributed by atoms with Crippen LogP contribution in [-0.2, 0) is 6.54 Å². The van der Waals surface area contributed by atoms with E-state index in [-0.39, 0.29) is 30.6 Å². The number of fused-ring (bicyclic) bond motifs is 1. The summed E-state index contributed by atoms with van der Waals surface area (Å²) in [7, 11) is 2.05. The molecule has 1 aliphatic heterocycles. The highest BCUT2D eigenvalue weighted by Crippen LogP contribution is 2.28. The molecule has 0 spiro atoms. The van der Waals surface area contributed by atoms with E-state index in [1.54, 1.807) is 17.3 Å². The first-order valence-corrected chi connectivity index (χ1v) is 12.3. The van der Waals surface area contributed by atoms with Gasteiger partial charge in [0.05, 0.1) is 12.6 Å². The van der Waals surface area contributed by atoms with Gasteiger partial charge >= 0.3 is 0 Å². The van der Waals surface area contributed by atoms with Gasteiger partial charge in [-0.2, -0.15) is 0 Å². The fraction of sp³-hybridized carbons (Fsp3) is 0.345. The summed E-state index contributed by atoms with van der Waals surface area (Å²) in [5.41, 5.74) is 3.41. The zero-order valence-corrected chi connectivity index (χ0v) is 21.1. The molecular formula is C29H34N4O3. The van der Waals surface area contributed by atoms with Gasteiger partial charge in [-0.15, -0.1) is 0 Å². The molecule has 0 bridgehead atoms. The Morgan fingerprint density at radius 2 is 1.94 bits per heavy atom. The number of nitrogens with zero attached hydrogens (tertiary/aromatic N) is 4. The van der Waals surface area contributed by atoms with Gasteiger partial charge in [0, 0.05) is 44.1 Å². The minimum atomic E-state index is -0.316. The van der Waals surface area contributed by atoms with E-state index in [4.69, 9.17) is 4.74 Å². The molecule has 7 nitrogen and oxygen atoms in total. The quantitative estimate of drug-likeness (QED) is 0.519. The maximum absolute atomic E-state index is 13.6. The van der Waals surface area contributed by atoms with Gasteiger partial charge in [-0.1, -0.05) is 55.5 Å². The lowest BCUT2D eigenvalue weighted by atomic mass is 9.99. The molecule has 1 amide bonds. The van der Waals surface area contributed by atoms with Crippen LogP contribution in [0.15, 0.2) is 67.1 Å². The molecule has 0 saturated carbocycles. The number of likely N-dealkylation sites (N-methyl/N-ethyl adjacent to an activating group) is 1. The lowest BCUT2D eigenvalue weighted by Gasteiger charge is -2.37. The first-order valence-electron chi connectivity index (χ1n) is 12.3. The number of carbonyl (C=O) groups is 1. The van der Waals surface area contributed by atoms with Crippen LogP contribution in [0.5, 0.6) is 5.88 Å². The summed E-state index contributed by atoms with van der Waals surface area (Å²) >= 11 is 0. The van der Waals surface area contributed by atoms with Crippen LogP contribution in [0.1, 0.15) is 40.9 Å². The standard InChI is InChI=1S/C29H34N4O3/c1-21-17-33(22(2)20-34)29(35)26-14-24(12-11-23-8-5-4-6-9-23)16-31-28(26)36-27(21)19-32(3)18-25-10-7-13-30-15-25/h4-16,21-22,27,34H,17-20H2,1-3H3/b12-11+/t21-,22-,27-/m0/s1. The van der Waals surface area contributed by atoms with Gasteiger partial charge in [0.2, 0.25) is 5.88 Å². The predicted molar refractivity (Wildman–Crippen MR) is 141 cm³/mol. The van der Waals surface area contributed by atoms with Crippen molar-refractivity contribution in [2.75, 3.05) is 26.7 Å². The Morgan fingerprint density at radius 3 is 2.67 bits per heavy atom. The zero-order valence-electron chi connectivity index (χ0n) is 21.1. The van der Waals surface area contributed by atoms with Crippen LogP contribution < -0.4 is 4.74 Å². The lowest BCUT2D eigenvalue weighted by Crippen LogP contribution is -2.49. The zero-order chi connectivity index (χ0) is 25.5.